The highest BCUT2D eigenvalue weighted by atomic mass is 15.1. The van der Waals surface area contributed by atoms with Crippen LogP contribution in [0.5, 0.6) is 0 Å². The third kappa shape index (κ3) is 7.81. The lowest BCUT2D eigenvalue weighted by Crippen LogP contribution is -2.29. The first-order chi connectivity index (χ1) is 36.1. The maximum atomic E-state index is 2.53. The van der Waals surface area contributed by atoms with Gasteiger partial charge in [0.1, 0.15) is 0 Å². The molecule has 0 saturated heterocycles. The first-order valence-corrected chi connectivity index (χ1v) is 26.9. The molecule has 10 aromatic rings. The predicted octanol–water partition coefficient (Wildman–Crippen LogP) is 19.4. The fourth-order valence-corrected chi connectivity index (χ4v) is 12.6. The molecule has 2 aliphatic carbocycles. The minimum absolute atomic E-state index is 0.000575. The van der Waals surface area contributed by atoms with E-state index in [4.69, 9.17) is 0 Å². The van der Waals surface area contributed by atoms with Gasteiger partial charge in [0.15, 0.2) is 0 Å². The van der Waals surface area contributed by atoms with Crippen LogP contribution >= 0.6 is 0 Å². The molecule has 0 spiro atoms. The number of hydrogen-bond acceptors (Lipinski definition) is 1. The number of anilines is 3. The van der Waals surface area contributed by atoms with E-state index in [-0.39, 0.29) is 16.2 Å². The van der Waals surface area contributed by atoms with Gasteiger partial charge < -0.3 is 4.90 Å². The summed E-state index contributed by atoms with van der Waals surface area (Å²) >= 11 is 0. The molecule has 75 heavy (non-hydrogen) atoms. The molecule has 0 heterocycles. The monoisotopic (exact) mass is 970 g/mol. The van der Waals surface area contributed by atoms with Gasteiger partial charge >= 0.3 is 0 Å². The Morgan fingerprint density at radius 2 is 0.600 bits per heavy atom. The molecule has 368 valence electrons. The predicted molar refractivity (Wildman–Crippen MR) is 317 cm³/mol. The van der Waals surface area contributed by atoms with Crippen molar-refractivity contribution in [2.75, 3.05) is 4.90 Å². The molecule has 0 fully saturated rings. The van der Waals surface area contributed by atoms with Gasteiger partial charge in [-0.3, -0.25) is 0 Å². The number of benzene rings is 10. The van der Waals surface area contributed by atoms with E-state index < -0.39 is 10.8 Å². The molecular weight excluding hydrogens is 903 g/mol. The quantitative estimate of drug-likeness (QED) is 0.147. The van der Waals surface area contributed by atoms with Gasteiger partial charge in [-0.15, -0.1) is 0 Å². The zero-order valence-corrected chi connectivity index (χ0v) is 45.0. The minimum Gasteiger partial charge on any atom is -0.310 e. The van der Waals surface area contributed by atoms with Gasteiger partial charge in [-0.1, -0.05) is 263 Å². The standard InChI is InChI=1S/C74H67N/c1-70(2,3)52-30-36-56(37-31-52)73(55-23-15-11-16-24-55)66-28-20-19-27-62(66)64-45-42-60(48-68(64)73)75(59-25-17-12-18-26-59)61-43-46-65-63-44-29-51(50-21-13-10-14-22-50)47-67(63)74(69(65)49-61,57-38-32-53(33-39-57)71(4,5)6)58-40-34-54(35-41-58)72(7,8)9/h10-49H,1-9H3. The summed E-state index contributed by atoms with van der Waals surface area (Å²) in [5.41, 5.74) is 23.8. The van der Waals surface area contributed by atoms with Gasteiger partial charge in [-0.25, -0.2) is 0 Å². The average molecular weight is 970 g/mol. The van der Waals surface area contributed by atoms with Gasteiger partial charge in [0.2, 0.25) is 0 Å². The molecule has 2 aliphatic rings. The molecule has 0 saturated carbocycles. The van der Waals surface area contributed by atoms with Gasteiger partial charge in [0, 0.05) is 17.1 Å². The van der Waals surface area contributed by atoms with Crippen LogP contribution in [0.4, 0.5) is 17.1 Å². The van der Waals surface area contributed by atoms with E-state index in [1.165, 1.54) is 94.6 Å². The first kappa shape index (κ1) is 48.0. The highest BCUT2D eigenvalue weighted by Gasteiger charge is 2.49. The van der Waals surface area contributed by atoms with E-state index in [0.29, 0.717) is 0 Å². The molecular formula is C74H67N. The van der Waals surface area contributed by atoms with Crippen molar-refractivity contribution in [3.05, 3.63) is 304 Å². The van der Waals surface area contributed by atoms with Crippen molar-refractivity contribution in [3.8, 4) is 33.4 Å². The van der Waals surface area contributed by atoms with Crippen LogP contribution in [0.25, 0.3) is 33.4 Å². The third-order valence-corrected chi connectivity index (χ3v) is 16.5. The van der Waals surface area contributed by atoms with Crippen molar-refractivity contribution in [1.29, 1.82) is 0 Å². The summed E-state index contributed by atoms with van der Waals surface area (Å²) in [6.07, 6.45) is 0. The number of hydrogen-bond donors (Lipinski definition) is 0. The van der Waals surface area contributed by atoms with Gasteiger partial charge in [0.25, 0.3) is 0 Å². The van der Waals surface area contributed by atoms with Crippen molar-refractivity contribution in [2.24, 2.45) is 0 Å². The zero-order chi connectivity index (χ0) is 51.9. The van der Waals surface area contributed by atoms with Crippen LogP contribution in [0.15, 0.2) is 243 Å². The topological polar surface area (TPSA) is 3.24 Å². The number of nitrogens with zero attached hydrogens (tertiary/aromatic N) is 1. The summed E-state index contributed by atoms with van der Waals surface area (Å²) < 4.78 is 0. The largest absolute Gasteiger partial charge is 0.310 e. The van der Waals surface area contributed by atoms with E-state index in [1.807, 2.05) is 0 Å². The Bertz CT molecular complexity index is 3660. The molecule has 0 bridgehead atoms. The average Bonchev–Trinajstić information content (AvgIpc) is 3.89. The summed E-state index contributed by atoms with van der Waals surface area (Å²) in [7, 11) is 0. The molecule has 0 aromatic heterocycles. The first-order valence-electron chi connectivity index (χ1n) is 26.9. The number of fused-ring (bicyclic) bond motifs is 6. The molecule has 1 atom stereocenters. The lowest BCUT2D eigenvalue weighted by atomic mass is 9.66. The Labute approximate surface area is 446 Å². The molecule has 0 radical (unpaired) electrons. The Hall–Kier alpha value is -8.00. The lowest BCUT2D eigenvalue weighted by Gasteiger charge is -2.36. The van der Waals surface area contributed by atoms with Crippen molar-refractivity contribution in [2.45, 2.75) is 89.4 Å². The second-order valence-electron chi connectivity index (χ2n) is 24.2. The molecule has 10 aromatic carbocycles. The molecule has 1 unspecified atom stereocenters. The Morgan fingerprint density at radius 3 is 1.05 bits per heavy atom. The van der Waals surface area contributed by atoms with Gasteiger partial charge in [-0.05, 0) is 153 Å². The van der Waals surface area contributed by atoms with Crippen LogP contribution in [0, 0.1) is 0 Å². The summed E-state index contributed by atoms with van der Waals surface area (Å²) in [4.78, 5) is 2.50. The Morgan fingerprint density at radius 1 is 0.253 bits per heavy atom. The highest BCUT2D eigenvalue weighted by molar-refractivity contribution is 5.93. The fraction of sp³-hybridized carbons (Fsp3) is 0.189. The van der Waals surface area contributed by atoms with Crippen molar-refractivity contribution < 1.29 is 0 Å². The van der Waals surface area contributed by atoms with Crippen molar-refractivity contribution >= 4 is 17.1 Å². The van der Waals surface area contributed by atoms with Crippen LogP contribution in [-0.2, 0) is 27.1 Å². The zero-order valence-electron chi connectivity index (χ0n) is 45.0. The lowest BCUT2D eigenvalue weighted by molar-refractivity contribution is 0.588. The minimum atomic E-state index is -0.651. The Kier molecular flexibility index (Phi) is 11.4. The highest BCUT2D eigenvalue weighted by Crippen LogP contribution is 2.60. The van der Waals surface area contributed by atoms with Crippen LogP contribution in [0.2, 0.25) is 0 Å². The second kappa shape index (κ2) is 17.8. The summed E-state index contributed by atoms with van der Waals surface area (Å²) in [6.45, 7) is 20.8. The fourth-order valence-electron chi connectivity index (χ4n) is 12.6. The number of para-hydroxylation sites is 1. The van der Waals surface area contributed by atoms with E-state index in [2.05, 4.69) is 310 Å². The van der Waals surface area contributed by atoms with Crippen LogP contribution < -0.4 is 4.90 Å². The normalized spacial score (nSPS) is 15.4. The SMILES string of the molecule is CC(C)(C)c1ccc(C2(c3ccccc3)c3ccccc3-c3ccc(N(c4ccccc4)c4ccc5c(c4)C(c4ccc(C(C)(C)C)cc4)(c4ccc(C(C)(C)C)cc4)c4cc(-c6ccccc6)ccc4-5)cc32)cc1. The van der Waals surface area contributed by atoms with Crippen LogP contribution in [-0.4, -0.2) is 0 Å². The van der Waals surface area contributed by atoms with Crippen molar-refractivity contribution in [3.63, 3.8) is 0 Å². The smallest absolute Gasteiger partial charge is 0.0714 e. The van der Waals surface area contributed by atoms with E-state index in [0.717, 1.165) is 17.1 Å². The molecule has 0 aliphatic heterocycles. The van der Waals surface area contributed by atoms with Gasteiger partial charge in [0.05, 0.1) is 10.8 Å². The number of rotatable bonds is 8. The maximum Gasteiger partial charge on any atom is 0.0714 e. The van der Waals surface area contributed by atoms with Gasteiger partial charge in [-0.2, -0.15) is 0 Å². The molecule has 0 N–H and O–H groups in total. The third-order valence-electron chi connectivity index (χ3n) is 16.5. The van der Waals surface area contributed by atoms with Crippen LogP contribution in [0.1, 0.15) is 124 Å². The van der Waals surface area contributed by atoms with Crippen molar-refractivity contribution in [1.82, 2.24) is 0 Å². The Balaban J connectivity index is 1.13. The summed E-state index contributed by atoms with van der Waals surface area (Å²) in [5, 5.41) is 0. The summed E-state index contributed by atoms with van der Waals surface area (Å²) in [6, 6.07) is 92.5. The van der Waals surface area contributed by atoms with Crippen LogP contribution in [0.3, 0.4) is 0 Å². The molecule has 12 rings (SSSR count). The second-order valence-corrected chi connectivity index (χ2v) is 24.2. The maximum absolute atomic E-state index is 2.53. The molecule has 0 amide bonds. The molecule has 1 heteroatoms. The van der Waals surface area contributed by atoms with E-state index in [1.54, 1.807) is 0 Å². The van der Waals surface area contributed by atoms with E-state index in [9.17, 15) is 0 Å². The van der Waals surface area contributed by atoms with E-state index >= 15 is 0 Å². The summed E-state index contributed by atoms with van der Waals surface area (Å²) in [5.74, 6) is 0. The molecule has 1 nitrogen and oxygen atoms in total.